The Labute approximate surface area is 198 Å². The third-order valence-corrected chi connectivity index (χ3v) is 5.71. The number of halogens is 3. The van der Waals surface area contributed by atoms with Gasteiger partial charge in [-0.1, -0.05) is 0 Å². The van der Waals surface area contributed by atoms with E-state index in [0.717, 1.165) is 0 Å². The Morgan fingerprint density at radius 1 is 1.26 bits per heavy atom. The van der Waals surface area contributed by atoms with Crippen LogP contribution >= 0.6 is 0 Å². The van der Waals surface area contributed by atoms with Crippen LogP contribution in [-0.4, -0.2) is 63.3 Å². The molecule has 0 spiro atoms. The molecule has 1 amide bonds. The molecule has 0 bridgehead atoms. The molecule has 1 aliphatic carbocycles. The molecule has 2 heterocycles. The van der Waals surface area contributed by atoms with E-state index in [-0.39, 0.29) is 17.7 Å². The number of nitrogens with zero attached hydrogens (tertiary/aromatic N) is 3. The number of nitrogens with one attached hydrogen (secondary N) is 1. The Balaban J connectivity index is 1.72. The van der Waals surface area contributed by atoms with Gasteiger partial charge in [-0.3, -0.25) is 4.79 Å². The van der Waals surface area contributed by atoms with Crippen LogP contribution in [0, 0.1) is 0 Å². The van der Waals surface area contributed by atoms with Crippen LogP contribution in [0.1, 0.15) is 37.6 Å². The molecule has 12 heteroatoms. The minimum Gasteiger partial charge on any atom is -0.496 e. The summed E-state index contributed by atoms with van der Waals surface area (Å²) in [7, 11) is 1.28. The van der Waals surface area contributed by atoms with Crippen molar-refractivity contribution in [3.8, 4) is 28.4 Å². The molecule has 0 radical (unpaired) electrons. The monoisotopic (exact) mass is 494 g/mol. The molecule has 3 aromatic rings. The highest BCUT2D eigenvalue weighted by atomic mass is 19.3. The summed E-state index contributed by atoms with van der Waals surface area (Å²) in [4.78, 5) is 17.0. The normalized spacial score (nSPS) is 18.4. The molecule has 188 valence electrons. The Bertz CT molecular complexity index is 1240. The summed E-state index contributed by atoms with van der Waals surface area (Å²) in [6.07, 6.45) is 2.93. The average molecular weight is 494 g/mol. The maximum absolute atomic E-state index is 13.3. The number of carbonyl (C=O) groups excluding carboxylic acids is 1. The predicted molar refractivity (Wildman–Crippen MR) is 119 cm³/mol. The lowest BCUT2D eigenvalue weighted by Crippen LogP contribution is -2.37. The Morgan fingerprint density at radius 3 is 2.54 bits per heavy atom. The van der Waals surface area contributed by atoms with Gasteiger partial charge in [-0.05, 0) is 38.5 Å². The van der Waals surface area contributed by atoms with Gasteiger partial charge in [-0.15, -0.1) is 0 Å². The van der Waals surface area contributed by atoms with Gasteiger partial charge in [-0.25, -0.2) is 13.9 Å². The number of fused-ring (bicyclic) bond motifs is 1. The topological polar surface area (TPSA) is 107 Å². The van der Waals surface area contributed by atoms with Crippen LogP contribution in [-0.2, 0) is 0 Å². The summed E-state index contributed by atoms with van der Waals surface area (Å²) in [5.41, 5.74) is -0.182. The quantitative estimate of drug-likeness (QED) is 0.470. The van der Waals surface area contributed by atoms with Gasteiger partial charge in [-0.2, -0.15) is 13.9 Å². The van der Waals surface area contributed by atoms with Crippen LogP contribution in [0.15, 0.2) is 30.7 Å². The minimum absolute atomic E-state index is 0.0370. The first-order valence-corrected chi connectivity index (χ1v) is 10.8. The number of methoxy groups -OCH3 is 1. The van der Waals surface area contributed by atoms with E-state index in [1.54, 1.807) is 27.0 Å². The smallest absolute Gasteiger partial charge is 0.387 e. The van der Waals surface area contributed by atoms with Gasteiger partial charge in [0.05, 0.1) is 37.3 Å². The number of benzene rings is 1. The second kappa shape index (κ2) is 9.25. The first-order valence-electron chi connectivity index (χ1n) is 10.8. The number of ether oxygens (including phenoxy) is 3. The third kappa shape index (κ3) is 5.26. The van der Waals surface area contributed by atoms with Crippen molar-refractivity contribution in [3.63, 3.8) is 0 Å². The molecule has 1 aromatic carbocycles. The summed E-state index contributed by atoms with van der Waals surface area (Å²) in [6, 6.07) is 2.04. The van der Waals surface area contributed by atoms with E-state index in [9.17, 15) is 23.1 Å². The Hall–Kier alpha value is -3.54. The third-order valence-electron chi connectivity index (χ3n) is 5.71. The highest BCUT2D eigenvalue weighted by molar-refractivity contribution is 6.01. The standard InChI is InChI=1S/C23H25F3N4O5/c1-11(23(2,3)32)34-13-8-27-20-14(9-28-30(20)10-13)12-5-17(33-4)19(18(6-12)35-22(25)26)21(31)29-16-7-15(16)24/h5-6,8-11,15-16,22,32H,7H2,1-4H3,(H,29,31)/t11-,15-,16+/m0/s1. The van der Waals surface area contributed by atoms with E-state index in [1.165, 1.54) is 36.2 Å². The number of rotatable bonds is 9. The van der Waals surface area contributed by atoms with Crippen LogP contribution < -0.4 is 19.5 Å². The van der Waals surface area contributed by atoms with Crippen molar-refractivity contribution in [3.05, 3.63) is 36.3 Å². The van der Waals surface area contributed by atoms with Crippen molar-refractivity contribution in [2.45, 2.75) is 57.7 Å². The largest absolute Gasteiger partial charge is 0.496 e. The molecule has 3 atom stereocenters. The van der Waals surface area contributed by atoms with Crippen LogP contribution in [0.2, 0.25) is 0 Å². The van der Waals surface area contributed by atoms with Crippen LogP contribution in [0.3, 0.4) is 0 Å². The van der Waals surface area contributed by atoms with Crippen molar-refractivity contribution < 1.29 is 37.3 Å². The molecule has 1 fully saturated rings. The van der Waals surface area contributed by atoms with Crippen molar-refractivity contribution >= 4 is 11.6 Å². The van der Waals surface area contributed by atoms with Crippen molar-refractivity contribution in [2.24, 2.45) is 0 Å². The number of amides is 1. The van der Waals surface area contributed by atoms with E-state index in [2.05, 4.69) is 20.1 Å². The van der Waals surface area contributed by atoms with E-state index in [0.29, 0.717) is 22.5 Å². The SMILES string of the molecule is COc1cc(-c2cnn3cc(O[C@@H](C)C(C)(C)O)cnc23)cc(OC(F)F)c1C(=O)N[C@@H]1C[C@@H]1F. The summed E-state index contributed by atoms with van der Waals surface area (Å²) < 4.78 is 56.7. The van der Waals surface area contributed by atoms with Crippen molar-refractivity contribution in [2.75, 3.05) is 7.11 Å². The van der Waals surface area contributed by atoms with E-state index in [4.69, 9.17) is 9.47 Å². The number of hydrogen-bond acceptors (Lipinski definition) is 7. The molecule has 0 unspecified atom stereocenters. The van der Waals surface area contributed by atoms with Gasteiger partial charge in [0.1, 0.15) is 29.3 Å². The predicted octanol–water partition coefficient (Wildman–Crippen LogP) is 3.38. The second-order valence-electron chi connectivity index (χ2n) is 8.79. The molecule has 2 N–H and O–H groups in total. The number of aliphatic hydroxyl groups is 1. The van der Waals surface area contributed by atoms with Crippen molar-refractivity contribution in [1.82, 2.24) is 19.9 Å². The maximum atomic E-state index is 13.3. The fourth-order valence-electron chi connectivity index (χ4n) is 3.34. The highest BCUT2D eigenvalue weighted by Gasteiger charge is 2.40. The highest BCUT2D eigenvalue weighted by Crippen LogP contribution is 2.38. The van der Waals surface area contributed by atoms with Gasteiger partial charge in [0, 0.05) is 12.0 Å². The molecule has 1 saturated carbocycles. The molecular formula is C23H25F3N4O5. The minimum atomic E-state index is -3.21. The number of hydrogen-bond donors (Lipinski definition) is 2. The maximum Gasteiger partial charge on any atom is 0.387 e. The lowest BCUT2D eigenvalue weighted by molar-refractivity contribution is -0.0502. The zero-order valence-corrected chi connectivity index (χ0v) is 19.5. The van der Waals surface area contributed by atoms with Gasteiger partial charge in [0.25, 0.3) is 5.91 Å². The molecule has 0 aliphatic heterocycles. The lowest BCUT2D eigenvalue weighted by atomic mass is 10.0. The van der Waals surface area contributed by atoms with Gasteiger partial charge in [0.2, 0.25) is 0 Å². The zero-order valence-electron chi connectivity index (χ0n) is 19.5. The van der Waals surface area contributed by atoms with Gasteiger partial charge >= 0.3 is 6.61 Å². The summed E-state index contributed by atoms with van der Waals surface area (Å²) >= 11 is 0. The van der Waals surface area contributed by atoms with Crippen molar-refractivity contribution in [1.29, 1.82) is 0 Å². The lowest BCUT2D eigenvalue weighted by Gasteiger charge is -2.26. The van der Waals surface area contributed by atoms with E-state index < -0.39 is 42.2 Å². The Kier molecular flexibility index (Phi) is 6.50. The fourth-order valence-corrected chi connectivity index (χ4v) is 3.34. The summed E-state index contributed by atoms with van der Waals surface area (Å²) in [6.45, 7) is 1.74. The molecular weight excluding hydrogens is 469 g/mol. The van der Waals surface area contributed by atoms with Crippen LogP contribution in [0.25, 0.3) is 16.8 Å². The number of carbonyl (C=O) groups is 1. The zero-order chi connectivity index (χ0) is 25.5. The summed E-state index contributed by atoms with van der Waals surface area (Å²) in [5.74, 6) is -0.888. The molecule has 0 saturated heterocycles. The van der Waals surface area contributed by atoms with Gasteiger partial charge in [0.15, 0.2) is 11.4 Å². The molecule has 35 heavy (non-hydrogen) atoms. The molecule has 1 aliphatic rings. The molecule has 2 aromatic heterocycles. The first kappa shape index (κ1) is 24.6. The Morgan fingerprint density at radius 2 is 1.94 bits per heavy atom. The molecule has 4 rings (SSSR count). The second-order valence-corrected chi connectivity index (χ2v) is 8.79. The summed E-state index contributed by atoms with van der Waals surface area (Å²) in [5, 5.41) is 16.8. The number of alkyl halides is 3. The van der Waals surface area contributed by atoms with E-state index >= 15 is 0 Å². The fraction of sp³-hybridized carbons (Fsp3) is 0.435. The number of aromatic nitrogens is 3. The van der Waals surface area contributed by atoms with Crippen LogP contribution in [0.5, 0.6) is 17.2 Å². The van der Waals surface area contributed by atoms with E-state index in [1.807, 2.05) is 0 Å². The average Bonchev–Trinajstić information content (AvgIpc) is 3.29. The van der Waals surface area contributed by atoms with Crippen LogP contribution in [0.4, 0.5) is 13.2 Å². The van der Waals surface area contributed by atoms with Gasteiger partial charge < -0.3 is 24.6 Å². The first-order chi connectivity index (χ1) is 16.5. The molecule has 9 nitrogen and oxygen atoms in total.